The summed E-state index contributed by atoms with van der Waals surface area (Å²) >= 11 is 0. The average Bonchev–Trinajstić information content (AvgIpc) is 3.32. The number of hydrogen-bond donors (Lipinski definition) is 0. The molecule has 0 spiro atoms. The third kappa shape index (κ3) is 7.52. The van der Waals surface area contributed by atoms with E-state index in [1.165, 1.54) is 22.3 Å². The number of unbranched alkanes of at least 4 members (excludes halogenated alkanes) is 3. The van der Waals surface area contributed by atoms with Crippen LogP contribution in [-0.4, -0.2) is 13.2 Å². The summed E-state index contributed by atoms with van der Waals surface area (Å²) in [5.74, 6) is 1.88. The fraction of sp³-hybridized carbons (Fsp3) is 0.250. The van der Waals surface area contributed by atoms with E-state index in [2.05, 4.69) is 109 Å². The minimum absolute atomic E-state index is 0.756. The average molecular weight is 451 g/mol. The maximum absolute atomic E-state index is 5.92. The second-order valence-electron chi connectivity index (χ2n) is 8.54. The Morgan fingerprint density at radius 3 is 1.38 bits per heavy atom. The van der Waals surface area contributed by atoms with Gasteiger partial charge in [0.15, 0.2) is 0 Å². The van der Waals surface area contributed by atoms with Gasteiger partial charge in [-0.05, 0) is 85.1 Å². The largest absolute Gasteiger partial charge is 0.494 e. The molecule has 0 fully saturated rings. The maximum atomic E-state index is 5.92. The molecule has 0 aliphatic heterocycles. The molecule has 2 aliphatic rings. The molecule has 0 radical (unpaired) electrons. The van der Waals surface area contributed by atoms with Crippen LogP contribution in [0, 0.1) is 0 Å². The molecule has 0 aromatic heterocycles. The normalized spacial score (nSPS) is 14.8. The molecular formula is C32H34O2. The lowest BCUT2D eigenvalue weighted by molar-refractivity contribution is 0.287. The van der Waals surface area contributed by atoms with Crippen molar-refractivity contribution in [2.45, 2.75) is 38.5 Å². The summed E-state index contributed by atoms with van der Waals surface area (Å²) in [5.41, 5.74) is 4.93. The van der Waals surface area contributed by atoms with Crippen molar-refractivity contribution in [3.63, 3.8) is 0 Å². The molecule has 2 heteroatoms. The monoisotopic (exact) mass is 450 g/mol. The van der Waals surface area contributed by atoms with Crippen molar-refractivity contribution >= 4 is 11.1 Å². The van der Waals surface area contributed by atoms with Crippen molar-refractivity contribution in [3.8, 4) is 11.5 Å². The molecule has 0 saturated heterocycles. The van der Waals surface area contributed by atoms with E-state index in [1.807, 2.05) is 0 Å². The van der Waals surface area contributed by atoms with E-state index in [0.29, 0.717) is 0 Å². The topological polar surface area (TPSA) is 18.5 Å². The van der Waals surface area contributed by atoms with E-state index in [0.717, 1.165) is 63.2 Å². The predicted octanol–water partition coefficient (Wildman–Crippen LogP) is 8.50. The first-order valence-corrected chi connectivity index (χ1v) is 12.4. The first kappa shape index (κ1) is 23.6. The number of ether oxygens (including phenoxy) is 2. The van der Waals surface area contributed by atoms with Gasteiger partial charge in [-0.2, -0.15) is 0 Å². The van der Waals surface area contributed by atoms with Crippen molar-refractivity contribution in [2.75, 3.05) is 13.2 Å². The van der Waals surface area contributed by atoms with Gasteiger partial charge < -0.3 is 9.47 Å². The highest BCUT2D eigenvalue weighted by molar-refractivity contribution is 5.76. The van der Waals surface area contributed by atoms with Crippen LogP contribution in [0.2, 0.25) is 0 Å². The predicted molar refractivity (Wildman–Crippen MR) is 144 cm³/mol. The van der Waals surface area contributed by atoms with Crippen LogP contribution in [0.15, 0.2) is 109 Å². The van der Waals surface area contributed by atoms with Gasteiger partial charge in [0.2, 0.25) is 0 Å². The van der Waals surface area contributed by atoms with Crippen molar-refractivity contribution in [1.29, 1.82) is 0 Å². The molecule has 0 saturated carbocycles. The molecule has 34 heavy (non-hydrogen) atoms. The van der Waals surface area contributed by atoms with Gasteiger partial charge in [0.25, 0.3) is 0 Å². The Bertz CT molecular complexity index is 987. The van der Waals surface area contributed by atoms with Crippen LogP contribution in [0.1, 0.15) is 49.7 Å². The molecular weight excluding hydrogens is 416 g/mol. The molecule has 2 aliphatic carbocycles. The Hall–Kier alpha value is -3.52. The Labute approximate surface area is 204 Å². The summed E-state index contributed by atoms with van der Waals surface area (Å²) in [5, 5.41) is 0. The van der Waals surface area contributed by atoms with E-state index in [4.69, 9.17) is 9.47 Å². The zero-order valence-corrected chi connectivity index (χ0v) is 19.9. The fourth-order valence-corrected chi connectivity index (χ4v) is 3.97. The molecule has 0 bridgehead atoms. The van der Waals surface area contributed by atoms with Gasteiger partial charge in [0, 0.05) is 0 Å². The van der Waals surface area contributed by atoms with E-state index < -0.39 is 0 Å². The molecule has 2 nitrogen and oxygen atoms in total. The highest BCUT2D eigenvalue weighted by atomic mass is 16.5. The molecule has 0 atom stereocenters. The smallest absolute Gasteiger partial charge is 0.119 e. The second kappa shape index (κ2) is 13.3. The summed E-state index contributed by atoms with van der Waals surface area (Å²) in [6, 6.07) is 16.8. The Balaban J connectivity index is 1.08. The van der Waals surface area contributed by atoms with E-state index in [-0.39, 0.29) is 0 Å². The number of rotatable bonds is 11. The third-order valence-corrected chi connectivity index (χ3v) is 5.91. The highest BCUT2D eigenvalue weighted by Gasteiger charge is 2.02. The van der Waals surface area contributed by atoms with Gasteiger partial charge in [0.1, 0.15) is 11.5 Å². The summed E-state index contributed by atoms with van der Waals surface area (Å²) < 4.78 is 11.8. The lowest BCUT2D eigenvalue weighted by atomic mass is 10.1. The fourth-order valence-electron chi connectivity index (χ4n) is 3.97. The maximum Gasteiger partial charge on any atom is 0.119 e. The van der Waals surface area contributed by atoms with Gasteiger partial charge >= 0.3 is 0 Å². The summed E-state index contributed by atoms with van der Waals surface area (Å²) in [7, 11) is 0. The number of allylic oxidation sites excluding steroid dienone is 12. The minimum Gasteiger partial charge on any atom is -0.494 e. The standard InChI is InChI=1S/C32H34O2/c1-2-8-14-27(13-7-1)29-17-21-31(22-18-29)33-25-11-5-6-12-26-34-32-23-19-30(20-24-32)28-15-9-3-4-10-16-28/h1,3,7-10,13-24H,2,4-6,11-12,25-26H2. The van der Waals surface area contributed by atoms with Crippen LogP contribution in [-0.2, 0) is 0 Å². The van der Waals surface area contributed by atoms with Gasteiger partial charge in [-0.25, -0.2) is 0 Å². The Kier molecular flexibility index (Phi) is 9.21. The van der Waals surface area contributed by atoms with Gasteiger partial charge in [-0.3, -0.25) is 0 Å². The summed E-state index contributed by atoms with van der Waals surface area (Å²) in [6.45, 7) is 1.51. The third-order valence-electron chi connectivity index (χ3n) is 5.91. The Morgan fingerprint density at radius 1 is 0.500 bits per heavy atom. The summed E-state index contributed by atoms with van der Waals surface area (Å²) in [4.78, 5) is 0. The first-order valence-electron chi connectivity index (χ1n) is 12.4. The van der Waals surface area contributed by atoms with E-state index in [9.17, 15) is 0 Å². The van der Waals surface area contributed by atoms with Gasteiger partial charge in [0.05, 0.1) is 13.2 Å². The van der Waals surface area contributed by atoms with Crippen LogP contribution in [0.3, 0.4) is 0 Å². The van der Waals surface area contributed by atoms with E-state index in [1.54, 1.807) is 0 Å². The zero-order chi connectivity index (χ0) is 23.3. The molecule has 0 unspecified atom stereocenters. The van der Waals surface area contributed by atoms with Crippen molar-refractivity contribution in [1.82, 2.24) is 0 Å². The second-order valence-corrected chi connectivity index (χ2v) is 8.54. The van der Waals surface area contributed by atoms with Gasteiger partial charge in [-0.1, -0.05) is 85.0 Å². The quantitative estimate of drug-likeness (QED) is 0.319. The molecule has 174 valence electrons. The van der Waals surface area contributed by atoms with Crippen molar-refractivity contribution in [2.24, 2.45) is 0 Å². The molecule has 2 aromatic carbocycles. The molecule has 0 N–H and O–H groups in total. The van der Waals surface area contributed by atoms with Crippen LogP contribution < -0.4 is 9.47 Å². The van der Waals surface area contributed by atoms with Crippen molar-refractivity contribution < 1.29 is 9.47 Å². The summed E-state index contributed by atoms with van der Waals surface area (Å²) in [6.07, 6.45) is 28.0. The SMILES string of the molecule is C1=CCC=CC(c2ccc(OCCCCCCOc3ccc(C4=CC=CCC=C4)cc3)cc2)=C1. The number of benzene rings is 2. The van der Waals surface area contributed by atoms with Crippen molar-refractivity contribution in [3.05, 3.63) is 120 Å². The lowest BCUT2D eigenvalue weighted by Gasteiger charge is -2.09. The zero-order valence-electron chi connectivity index (χ0n) is 19.9. The highest BCUT2D eigenvalue weighted by Crippen LogP contribution is 2.23. The van der Waals surface area contributed by atoms with E-state index >= 15 is 0 Å². The van der Waals surface area contributed by atoms with Crippen LogP contribution in [0.25, 0.3) is 11.1 Å². The molecule has 4 rings (SSSR count). The lowest BCUT2D eigenvalue weighted by Crippen LogP contribution is -2.00. The van der Waals surface area contributed by atoms with Crippen LogP contribution >= 0.6 is 0 Å². The Morgan fingerprint density at radius 2 is 0.941 bits per heavy atom. The van der Waals surface area contributed by atoms with Crippen LogP contribution in [0.4, 0.5) is 0 Å². The van der Waals surface area contributed by atoms with Crippen LogP contribution in [0.5, 0.6) is 11.5 Å². The number of hydrogen-bond acceptors (Lipinski definition) is 2. The molecule has 2 aromatic rings. The molecule has 0 heterocycles. The first-order chi connectivity index (χ1) is 16.9. The van der Waals surface area contributed by atoms with Gasteiger partial charge in [-0.15, -0.1) is 0 Å². The molecule has 0 amide bonds. The minimum atomic E-state index is 0.756.